The molecule has 7 heteroatoms. The Morgan fingerprint density at radius 3 is 2.76 bits per heavy atom. The Bertz CT molecular complexity index is 704. The van der Waals surface area contributed by atoms with Crippen LogP contribution in [0.5, 0.6) is 0 Å². The molecule has 1 saturated carbocycles. The van der Waals surface area contributed by atoms with E-state index in [-0.39, 0.29) is 23.5 Å². The van der Waals surface area contributed by atoms with Crippen LogP contribution in [0.4, 0.5) is 9.18 Å². The normalized spacial score (nSPS) is 24.7. The number of amides is 2. The third kappa shape index (κ3) is 3.89. The number of benzene rings is 1. The zero-order chi connectivity index (χ0) is 18.4. The molecule has 1 aromatic rings. The minimum absolute atomic E-state index is 0.0178. The van der Waals surface area contributed by atoms with Gasteiger partial charge >= 0.3 is 6.09 Å². The quantitative estimate of drug-likeness (QED) is 0.888. The molecule has 1 heterocycles. The third-order valence-electron chi connectivity index (χ3n) is 4.50. The van der Waals surface area contributed by atoms with Crippen LogP contribution in [-0.2, 0) is 16.1 Å². The minimum Gasteiger partial charge on any atom is -0.444 e. The van der Waals surface area contributed by atoms with E-state index >= 15 is 0 Å². The van der Waals surface area contributed by atoms with Crippen LogP contribution < -0.4 is 5.32 Å². The number of carbonyl (C=O) groups excluding carboxylic acids is 2. The van der Waals surface area contributed by atoms with Crippen LogP contribution in [0.3, 0.4) is 0 Å². The van der Waals surface area contributed by atoms with Gasteiger partial charge in [0, 0.05) is 18.2 Å². The molecule has 0 aromatic heterocycles. The van der Waals surface area contributed by atoms with Crippen molar-refractivity contribution in [3.63, 3.8) is 0 Å². The molecule has 136 valence electrons. The topological polar surface area (TPSA) is 58.6 Å². The lowest BCUT2D eigenvalue weighted by Gasteiger charge is -2.29. The highest BCUT2D eigenvalue weighted by molar-refractivity contribution is 6.30. The highest BCUT2D eigenvalue weighted by Crippen LogP contribution is 2.48. The summed E-state index contributed by atoms with van der Waals surface area (Å²) in [5.74, 6) is -0.480. The van der Waals surface area contributed by atoms with Gasteiger partial charge in [-0.05, 0) is 45.6 Å². The molecule has 0 unspecified atom stereocenters. The number of halogens is 2. The largest absolute Gasteiger partial charge is 0.444 e. The molecule has 1 aliphatic carbocycles. The molecule has 2 amide bonds. The Balaban J connectivity index is 1.65. The predicted molar refractivity (Wildman–Crippen MR) is 91.6 cm³/mol. The van der Waals surface area contributed by atoms with Crippen molar-refractivity contribution in [2.24, 2.45) is 5.92 Å². The number of likely N-dealkylation sites (tertiary alicyclic amines) is 1. The number of nitrogens with zero attached hydrogens (tertiary/aromatic N) is 1. The van der Waals surface area contributed by atoms with E-state index in [0.717, 1.165) is 6.42 Å². The number of hydrogen-bond acceptors (Lipinski definition) is 3. The summed E-state index contributed by atoms with van der Waals surface area (Å²) in [6.45, 7) is 5.41. The second-order valence-electron chi connectivity index (χ2n) is 7.63. The fourth-order valence-corrected chi connectivity index (χ4v) is 3.45. The van der Waals surface area contributed by atoms with Crippen molar-refractivity contribution in [1.82, 2.24) is 10.2 Å². The average Bonchev–Trinajstić information content (AvgIpc) is 3.16. The first-order valence-electron chi connectivity index (χ1n) is 8.39. The summed E-state index contributed by atoms with van der Waals surface area (Å²) in [5.41, 5.74) is -0.303. The molecule has 2 aliphatic rings. The van der Waals surface area contributed by atoms with Gasteiger partial charge in [0.15, 0.2) is 0 Å². The first kappa shape index (κ1) is 18.0. The lowest BCUT2D eigenvalue weighted by Crippen LogP contribution is -2.49. The SMILES string of the molecule is CC(C)(C)OC(=O)N1[C@H](C(=O)NCc2cccc(Cl)c2F)C[C@@H]2C[C@@H]21. The fraction of sp³-hybridized carbons (Fsp3) is 0.556. The van der Waals surface area contributed by atoms with E-state index in [4.69, 9.17) is 16.3 Å². The number of carbonyl (C=O) groups is 2. The van der Waals surface area contributed by atoms with E-state index in [2.05, 4.69) is 5.32 Å². The molecule has 5 nitrogen and oxygen atoms in total. The fourth-order valence-electron chi connectivity index (χ4n) is 3.25. The van der Waals surface area contributed by atoms with Crippen molar-refractivity contribution in [2.75, 3.05) is 0 Å². The molecular weight excluding hydrogens is 347 g/mol. The van der Waals surface area contributed by atoms with E-state index in [1.807, 2.05) is 0 Å². The first-order chi connectivity index (χ1) is 11.7. The van der Waals surface area contributed by atoms with Gasteiger partial charge in [-0.1, -0.05) is 23.7 Å². The van der Waals surface area contributed by atoms with E-state index in [1.54, 1.807) is 37.8 Å². The van der Waals surface area contributed by atoms with Crippen LogP contribution in [0, 0.1) is 11.7 Å². The third-order valence-corrected chi connectivity index (χ3v) is 4.79. The van der Waals surface area contributed by atoms with E-state index < -0.39 is 23.6 Å². The highest BCUT2D eigenvalue weighted by atomic mass is 35.5. The van der Waals surface area contributed by atoms with Crippen molar-refractivity contribution in [2.45, 2.75) is 57.8 Å². The summed E-state index contributed by atoms with van der Waals surface area (Å²) < 4.78 is 19.3. The van der Waals surface area contributed by atoms with Crippen molar-refractivity contribution >= 4 is 23.6 Å². The molecule has 0 radical (unpaired) electrons. The van der Waals surface area contributed by atoms with Gasteiger partial charge in [0.1, 0.15) is 17.5 Å². The number of piperidine rings is 1. The molecule has 25 heavy (non-hydrogen) atoms. The van der Waals surface area contributed by atoms with Gasteiger partial charge in [-0.25, -0.2) is 9.18 Å². The summed E-state index contributed by atoms with van der Waals surface area (Å²) in [6, 6.07) is 4.16. The van der Waals surface area contributed by atoms with Crippen molar-refractivity contribution in [1.29, 1.82) is 0 Å². The minimum atomic E-state index is -0.616. The number of hydrogen-bond donors (Lipinski definition) is 1. The standard InChI is InChI=1S/C18H22ClFN2O3/c1-18(2,3)25-17(24)22-13-7-11(13)8-14(22)16(23)21-9-10-5-4-6-12(19)15(10)20/h4-6,11,13-14H,7-9H2,1-3H3,(H,21,23)/t11-,13-,14-/m0/s1. The molecule has 1 aliphatic heterocycles. The Morgan fingerprint density at radius 2 is 2.08 bits per heavy atom. The molecule has 3 rings (SSSR count). The smallest absolute Gasteiger partial charge is 0.411 e. The summed E-state index contributed by atoms with van der Waals surface area (Å²) in [7, 11) is 0. The second-order valence-corrected chi connectivity index (χ2v) is 8.04. The van der Waals surface area contributed by atoms with Gasteiger partial charge in [0.25, 0.3) is 0 Å². The summed E-state index contributed by atoms with van der Waals surface area (Å²) in [4.78, 5) is 26.5. The molecule has 1 aromatic carbocycles. The molecule has 2 fully saturated rings. The Hall–Kier alpha value is -1.82. The maximum Gasteiger partial charge on any atom is 0.411 e. The van der Waals surface area contributed by atoms with Gasteiger partial charge in [-0.2, -0.15) is 0 Å². The van der Waals surface area contributed by atoms with Crippen LogP contribution >= 0.6 is 11.6 Å². The molecule has 3 atom stereocenters. The lowest BCUT2D eigenvalue weighted by atomic mass is 10.1. The van der Waals surface area contributed by atoms with Crippen LogP contribution in [0.15, 0.2) is 18.2 Å². The Labute approximate surface area is 151 Å². The van der Waals surface area contributed by atoms with E-state index in [0.29, 0.717) is 17.9 Å². The summed E-state index contributed by atoms with van der Waals surface area (Å²) in [6.07, 6.45) is 1.06. The molecule has 0 spiro atoms. The number of rotatable bonds is 3. The van der Waals surface area contributed by atoms with Crippen LogP contribution in [0.25, 0.3) is 0 Å². The van der Waals surface area contributed by atoms with Gasteiger partial charge < -0.3 is 10.1 Å². The van der Waals surface area contributed by atoms with Crippen molar-refractivity contribution in [3.05, 3.63) is 34.6 Å². The van der Waals surface area contributed by atoms with Gasteiger partial charge in [-0.3, -0.25) is 9.69 Å². The molecular formula is C18H22ClFN2O3. The molecule has 1 N–H and O–H groups in total. The summed E-state index contributed by atoms with van der Waals surface area (Å²) in [5, 5.41) is 2.73. The zero-order valence-electron chi connectivity index (χ0n) is 14.5. The monoisotopic (exact) mass is 368 g/mol. The first-order valence-corrected chi connectivity index (χ1v) is 8.77. The predicted octanol–water partition coefficient (Wildman–Crippen LogP) is 3.49. The number of fused-ring (bicyclic) bond motifs is 1. The Morgan fingerprint density at radius 1 is 1.36 bits per heavy atom. The van der Waals surface area contributed by atoms with Crippen LogP contribution in [0.2, 0.25) is 5.02 Å². The van der Waals surface area contributed by atoms with E-state index in [9.17, 15) is 14.0 Å². The zero-order valence-corrected chi connectivity index (χ0v) is 15.3. The maximum absolute atomic E-state index is 13.9. The van der Waals surface area contributed by atoms with Crippen molar-refractivity contribution in [3.8, 4) is 0 Å². The Kier molecular flexibility index (Phi) is 4.66. The van der Waals surface area contributed by atoms with E-state index in [1.165, 1.54) is 6.07 Å². The van der Waals surface area contributed by atoms with Gasteiger partial charge in [-0.15, -0.1) is 0 Å². The average molecular weight is 369 g/mol. The lowest BCUT2D eigenvalue weighted by molar-refractivity contribution is -0.126. The second kappa shape index (κ2) is 6.48. The number of nitrogens with one attached hydrogen (secondary N) is 1. The van der Waals surface area contributed by atoms with Crippen LogP contribution in [-0.4, -0.2) is 34.6 Å². The molecule has 0 bridgehead atoms. The van der Waals surface area contributed by atoms with Crippen LogP contribution in [0.1, 0.15) is 39.2 Å². The molecule has 1 saturated heterocycles. The summed E-state index contributed by atoms with van der Waals surface area (Å²) >= 11 is 5.75. The van der Waals surface area contributed by atoms with Crippen molar-refractivity contribution < 1.29 is 18.7 Å². The number of ether oxygens (including phenoxy) is 1. The maximum atomic E-state index is 13.9. The van der Waals surface area contributed by atoms with Gasteiger partial charge in [0.05, 0.1) is 5.02 Å². The van der Waals surface area contributed by atoms with Gasteiger partial charge in [0.2, 0.25) is 5.91 Å². The highest BCUT2D eigenvalue weighted by Gasteiger charge is 2.57.